The summed E-state index contributed by atoms with van der Waals surface area (Å²) in [6, 6.07) is 1.63. The Morgan fingerprint density at radius 1 is 1.12 bits per heavy atom. The van der Waals surface area contributed by atoms with Gasteiger partial charge in [-0.15, -0.1) is 0 Å². The normalized spacial score (nSPS) is 14.5. The molecule has 1 aromatic rings. The number of hydrogen-bond donors (Lipinski definition) is 1. The zero-order valence-electron chi connectivity index (χ0n) is 21.1. The number of nitrogens with one attached hydrogen (secondary N) is 1. The number of H-pyrrole nitrogens is 1. The summed E-state index contributed by atoms with van der Waals surface area (Å²) < 4.78 is 32.4. The van der Waals surface area contributed by atoms with Gasteiger partial charge in [-0.2, -0.15) is 0 Å². The SMILES string of the molecule is [C-]#[N+]CCOP(OC[C@@H](CC)O[C@H](COCCOC)n1ccc(=O)[nH]c1=O)N(C(C)C)C(C)C. The molecule has 0 aromatic carbocycles. The summed E-state index contributed by atoms with van der Waals surface area (Å²) in [7, 11) is 0.161. The summed E-state index contributed by atoms with van der Waals surface area (Å²) in [5.74, 6) is 0. The Hall–Kier alpha value is -1.64. The van der Waals surface area contributed by atoms with Crippen molar-refractivity contribution in [1.82, 2.24) is 14.2 Å². The fourth-order valence-electron chi connectivity index (χ4n) is 3.10. The molecule has 3 atom stereocenters. The molecule has 1 aromatic heterocycles. The van der Waals surface area contributed by atoms with E-state index in [0.717, 1.165) is 0 Å². The largest absolute Gasteiger partial charge is 0.382 e. The molecule has 194 valence electrons. The van der Waals surface area contributed by atoms with E-state index in [1.54, 1.807) is 7.11 Å². The summed E-state index contributed by atoms with van der Waals surface area (Å²) in [5, 5.41) is 0. The van der Waals surface area contributed by atoms with E-state index in [-0.39, 0.29) is 44.6 Å². The molecule has 1 rings (SSSR count). The summed E-state index contributed by atoms with van der Waals surface area (Å²) in [6.45, 7) is 18.8. The highest BCUT2D eigenvalue weighted by Gasteiger charge is 2.29. The minimum absolute atomic E-state index is 0.0895. The number of rotatable bonds is 18. The van der Waals surface area contributed by atoms with Gasteiger partial charge in [-0.25, -0.2) is 16.0 Å². The van der Waals surface area contributed by atoms with Crippen LogP contribution in [0.3, 0.4) is 0 Å². The van der Waals surface area contributed by atoms with Gasteiger partial charge in [0.25, 0.3) is 14.1 Å². The Morgan fingerprint density at radius 2 is 1.82 bits per heavy atom. The maximum absolute atomic E-state index is 12.4. The van der Waals surface area contributed by atoms with Crippen LogP contribution in [-0.2, 0) is 23.3 Å². The topological polar surface area (TPSA) is 109 Å². The van der Waals surface area contributed by atoms with Gasteiger partial charge >= 0.3 is 5.69 Å². The Balaban J connectivity index is 2.97. The van der Waals surface area contributed by atoms with Gasteiger partial charge in [0.15, 0.2) is 6.23 Å². The molecule has 0 fully saturated rings. The van der Waals surface area contributed by atoms with Crippen LogP contribution in [0.25, 0.3) is 4.85 Å². The molecule has 0 aliphatic heterocycles. The first-order valence-electron chi connectivity index (χ1n) is 11.5. The number of aromatic nitrogens is 2. The van der Waals surface area contributed by atoms with Crippen molar-refractivity contribution in [2.45, 2.75) is 65.5 Å². The molecular formula is C22H39N4O7P. The van der Waals surface area contributed by atoms with Crippen LogP contribution >= 0.6 is 8.53 Å². The molecule has 11 nitrogen and oxygen atoms in total. The van der Waals surface area contributed by atoms with Crippen LogP contribution in [0, 0.1) is 6.57 Å². The summed E-state index contributed by atoms with van der Waals surface area (Å²) >= 11 is 0. The average molecular weight is 503 g/mol. The fourth-order valence-corrected chi connectivity index (χ4v) is 4.72. The van der Waals surface area contributed by atoms with Crippen LogP contribution in [0.5, 0.6) is 0 Å². The lowest BCUT2D eigenvalue weighted by Gasteiger charge is -2.36. The minimum Gasteiger partial charge on any atom is -0.382 e. The third kappa shape index (κ3) is 10.7. The Kier molecular flexibility index (Phi) is 15.1. The minimum atomic E-state index is -1.41. The molecule has 0 spiro atoms. The monoisotopic (exact) mass is 502 g/mol. The van der Waals surface area contributed by atoms with Gasteiger partial charge in [0.05, 0.1) is 32.5 Å². The van der Waals surface area contributed by atoms with Crippen LogP contribution in [0.2, 0.25) is 0 Å². The Bertz CT molecular complexity index is 832. The summed E-state index contributed by atoms with van der Waals surface area (Å²) in [4.78, 5) is 29.4. The first-order chi connectivity index (χ1) is 16.2. The fraction of sp³-hybridized carbons (Fsp3) is 0.773. The first kappa shape index (κ1) is 30.4. The van der Waals surface area contributed by atoms with Crippen LogP contribution < -0.4 is 11.2 Å². The molecule has 0 saturated carbocycles. The van der Waals surface area contributed by atoms with Crippen molar-refractivity contribution < 1.29 is 23.3 Å². The van der Waals surface area contributed by atoms with Crippen molar-refractivity contribution in [3.63, 3.8) is 0 Å². The molecule has 0 aliphatic carbocycles. The molecule has 1 heterocycles. The van der Waals surface area contributed by atoms with Gasteiger partial charge in [0.1, 0.15) is 6.61 Å². The third-order valence-corrected chi connectivity index (χ3v) is 6.76. The first-order valence-corrected chi connectivity index (χ1v) is 12.6. The Morgan fingerprint density at radius 3 is 2.38 bits per heavy atom. The number of aromatic amines is 1. The second kappa shape index (κ2) is 16.9. The second-order valence-electron chi connectivity index (χ2n) is 8.02. The van der Waals surface area contributed by atoms with Gasteiger partial charge in [0.2, 0.25) is 6.54 Å². The van der Waals surface area contributed by atoms with E-state index in [2.05, 4.69) is 42.2 Å². The Labute approximate surface area is 203 Å². The highest BCUT2D eigenvalue weighted by Crippen LogP contribution is 2.46. The van der Waals surface area contributed by atoms with Crippen molar-refractivity contribution in [2.24, 2.45) is 0 Å². The van der Waals surface area contributed by atoms with Crippen LogP contribution in [0.1, 0.15) is 47.3 Å². The van der Waals surface area contributed by atoms with E-state index >= 15 is 0 Å². The summed E-state index contributed by atoms with van der Waals surface area (Å²) in [5.41, 5.74) is -1.07. The lowest BCUT2D eigenvalue weighted by atomic mass is 10.3. The molecule has 0 bridgehead atoms. The van der Waals surface area contributed by atoms with Crippen LogP contribution in [-0.4, -0.2) is 79.1 Å². The number of ether oxygens (including phenoxy) is 3. The smallest absolute Gasteiger partial charge is 0.330 e. The molecular weight excluding hydrogens is 463 g/mol. The molecule has 0 saturated heterocycles. The number of hydrogen-bond acceptors (Lipinski definition) is 8. The molecule has 1 unspecified atom stereocenters. The van der Waals surface area contributed by atoms with Crippen LogP contribution in [0.15, 0.2) is 21.9 Å². The highest BCUT2D eigenvalue weighted by atomic mass is 31.2. The highest BCUT2D eigenvalue weighted by molar-refractivity contribution is 7.44. The quantitative estimate of drug-likeness (QED) is 0.186. The van der Waals surface area contributed by atoms with E-state index in [1.165, 1.54) is 16.8 Å². The molecule has 0 aliphatic rings. The molecule has 0 amide bonds. The van der Waals surface area contributed by atoms with Crippen molar-refractivity contribution >= 4 is 8.53 Å². The lowest BCUT2D eigenvalue weighted by molar-refractivity contribution is -0.113. The van der Waals surface area contributed by atoms with Gasteiger partial charge in [-0.05, 0) is 34.1 Å². The molecule has 34 heavy (non-hydrogen) atoms. The molecule has 12 heteroatoms. The molecule has 1 N–H and O–H groups in total. The zero-order valence-corrected chi connectivity index (χ0v) is 22.0. The van der Waals surface area contributed by atoms with E-state index in [4.69, 9.17) is 29.8 Å². The number of methoxy groups -OCH3 is 1. The predicted molar refractivity (Wildman–Crippen MR) is 131 cm³/mol. The standard InChI is InChI=1S/C22H39N4O7P/c1-8-19(15-32-34(31-12-10-23-6)26(17(2)3)18(4)5)33-21(16-30-14-13-29-7)25-11-9-20(27)24-22(25)28/h9,11,17-19,21H,8,10,12-16H2,1-5,7H3,(H,24,27,28)/t19-,21-,34?/m1/s1. The van der Waals surface area contributed by atoms with Gasteiger partial charge < -0.3 is 28.1 Å². The van der Waals surface area contributed by atoms with Crippen molar-refractivity contribution in [1.29, 1.82) is 0 Å². The van der Waals surface area contributed by atoms with E-state index in [0.29, 0.717) is 19.6 Å². The van der Waals surface area contributed by atoms with E-state index in [9.17, 15) is 9.59 Å². The average Bonchev–Trinajstić information content (AvgIpc) is 2.77. The third-order valence-electron chi connectivity index (χ3n) is 4.68. The number of nitrogens with zero attached hydrogens (tertiary/aromatic N) is 3. The van der Waals surface area contributed by atoms with Crippen molar-refractivity contribution in [3.05, 3.63) is 44.5 Å². The van der Waals surface area contributed by atoms with Crippen molar-refractivity contribution in [3.8, 4) is 0 Å². The maximum atomic E-state index is 12.4. The van der Waals surface area contributed by atoms with Gasteiger partial charge in [0, 0.05) is 31.5 Å². The lowest BCUT2D eigenvalue weighted by Crippen LogP contribution is -2.37. The summed E-state index contributed by atoms with van der Waals surface area (Å²) in [6.07, 6.45) is 0.862. The predicted octanol–water partition coefficient (Wildman–Crippen LogP) is 2.79. The molecule has 0 radical (unpaired) electrons. The zero-order chi connectivity index (χ0) is 25.5. The van der Waals surface area contributed by atoms with E-state index < -0.39 is 26.0 Å². The van der Waals surface area contributed by atoms with Gasteiger partial charge in [-0.3, -0.25) is 14.3 Å². The van der Waals surface area contributed by atoms with Gasteiger partial charge in [-0.1, -0.05) is 6.92 Å². The maximum Gasteiger partial charge on any atom is 0.330 e. The van der Waals surface area contributed by atoms with Crippen LogP contribution in [0.4, 0.5) is 0 Å². The van der Waals surface area contributed by atoms with E-state index in [1.807, 2.05) is 6.92 Å². The second-order valence-corrected chi connectivity index (χ2v) is 9.48. The van der Waals surface area contributed by atoms with Crippen molar-refractivity contribution in [2.75, 3.05) is 46.7 Å².